The van der Waals surface area contributed by atoms with E-state index < -0.39 is 0 Å². The van der Waals surface area contributed by atoms with Gasteiger partial charge >= 0.3 is 0 Å². The van der Waals surface area contributed by atoms with E-state index in [1.807, 2.05) is 30.5 Å². The molecule has 0 radical (unpaired) electrons. The molecule has 1 aliphatic rings. The van der Waals surface area contributed by atoms with Crippen molar-refractivity contribution in [2.45, 2.75) is 18.9 Å². The molecule has 21 heavy (non-hydrogen) atoms. The first-order chi connectivity index (χ1) is 10.4. The lowest BCUT2D eigenvalue weighted by atomic mass is 10.1. The second kappa shape index (κ2) is 6.78. The topological polar surface area (TPSA) is 38.2 Å². The maximum absolute atomic E-state index is 5.21. The highest BCUT2D eigenvalue weighted by atomic mass is 16.5. The fourth-order valence-electron chi connectivity index (χ4n) is 2.92. The largest absolute Gasteiger partial charge is 0.383 e. The highest BCUT2D eigenvalue weighted by Crippen LogP contribution is 2.31. The van der Waals surface area contributed by atoms with Gasteiger partial charge in [0.25, 0.3) is 0 Å². The quantitative estimate of drug-likeness (QED) is 0.845. The van der Waals surface area contributed by atoms with Crippen LogP contribution < -0.4 is 0 Å². The van der Waals surface area contributed by atoms with Crippen molar-refractivity contribution < 1.29 is 4.74 Å². The molecule has 1 saturated heterocycles. The van der Waals surface area contributed by atoms with Gasteiger partial charge in [0.15, 0.2) is 5.82 Å². The molecule has 1 aromatic carbocycles. The summed E-state index contributed by atoms with van der Waals surface area (Å²) in [5, 5.41) is 0. The Labute approximate surface area is 125 Å². The summed E-state index contributed by atoms with van der Waals surface area (Å²) in [4.78, 5) is 11.7. The fourth-order valence-corrected chi connectivity index (χ4v) is 2.92. The summed E-state index contributed by atoms with van der Waals surface area (Å²) < 4.78 is 5.21. The van der Waals surface area contributed by atoms with E-state index in [-0.39, 0.29) is 0 Å². The van der Waals surface area contributed by atoms with Gasteiger partial charge in [-0.3, -0.25) is 4.90 Å². The van der Waals surface area contributed by atoms with Gasteiger partial charge in [0.2, 0.25) is 0 Å². The lowest BCUT2D eigenvalue weighted by Crippen LogP contribution is -2.27. The van der Waals surface area contributed by atoms with Gasteiger partial charge in [-0.25, -0.2) is 9.97 Å². The van der Waals surface area contributed by atoms with Gasteiger partial charge in [0.1, 0.15) is 0 Å². The van der Waals surface area contributed by atoms with E-state index in [1.165, 1.54) is 6.42 Å². The second-order valence-corrected chi connectivity index (χ2v) is 5.36. The highest BCUT2D eigenvalue weighted by molar-refractivity contribution is 5.54. The molecule has 1 atom stereocenters. The molecule has 0 spiro atoms. The molecule has 1 aliphatic heterocycles. The van der Waals surface area contributed by atoms with E-state index in [0.29, 0.717) is 6.04 Å². The predicted molar refractivity (Wildman–Crippen MR) is 82.9 cm³/mol. The van der Waals surface area contributed by atoms with Gasteiger partial charge in [-0.05, 0) is 25.5 Å². The van der Waals surface area contributed by atoms with E-state index in [1.54, 1.807) is 7.11 Å². The van der Waals surface area contributed by atoms with Gasteiger partial charge in [-0.1, -0.05) is 30.3 Å². The normalized spacial score (nSPS) is 19.0. The molecule has 110 valence electrons. The number of nitrogens with zero attached hydrogens (tertiary/aromatic N) is 3. The van der Waals surface area contributed by atoms with Crippen LogP contribution in [0.25, 0.3) is 11.4 Å². The van der Waals surface area contributed by atoms with Crippen molar-refractivity contribution in [3.8, 4) is 11.4 Å². The molecule has 0 bridgehead atoms. The van der Waals surface area contributed by atoms with Crippen molar-refractivity contribution in [3.05, 3.63) is 48.3 Å². The van der Waals surface area contributed by atoms with E-state index in [4.69, 9.17) is 9.72 Å². The summed E-state index contributed by atoms with van der Waals surface area (Å²) >= 11 is 0. The molecule has 1 aromatic heterocycles. The minimum Gasteiger partial charge on any atom is -0.383 e. The number of hydrogen-bond acceptors (Lipinski definition) is 4. The zero-order valence-corrected chi connectivity index (χ0v) is 12.4. The third kappa shape index (κ3) is 3.28. The molecule has 1 fully saturated rings. The zero-order valence-electron chi connectivity index (χ0n) is 12.4. The Morgan fingerprint density at radius 2 is 2.10 bits per heavy atom. The monoisotopic (exact) mass is 283 g/mol. The maximum Gasteiger partial charge on any atom is 0.159 e. The third-order valence-electron chi connectivity index (χ3n) is 4.00. The molecule has 0 N–H and O–H groups in total. The summed E-state index contributed by atoms with van der Waals surface area (Å²) in [5.41, 5.74) is 2.19. The van der Waals surface area contributed by atoms with Crippen molar-refractivity contribution in [3.63, 3.8) is 0 Å². The summed E-state index contributed by atoms with van der Waals surface area (Å²) in [5.74, 6) is 0.812. The summed E-state index contributed by atoms with van der Waals surface area (Å²) in [6.45, 7) is 2.86. The van der Waals surface area contributed by atoms with Gasteiger partial charge in [-0.15, -0.1) is 0 Å². The third-order valence-corrected chi connectivity index (χ3v) is 4.00. The minimum absolute atomic E-state index is 0.394. The van der Waals surface area contributed by atoms with Crippen molar-refractivity contribution in [2.24, 2.45) is 0 Å². The first-order valence-corrected chi connectivity index (χ1v) is 7.50. The molecule has 3 rings (SSSR count). The van der Waals surface area contributed by atoms with Crippen molar-refractivity contribution in [2.75, 3.05) is 26.8 Å². The number of ether oxygens (including phenoxy) is 1. The Bertz CT molecular complexity index is 573. The van der Waals surface area contributed by atoms with Crippen LogP contribution in [0.15, 0.2) is 42.6 Å². The van der Waals surface area contributed by atoms with Crippen LogP contribution in [-0.2, 0) is 4.74 Å². The molecule has 4 nitrogen and oxygen atoms in total. The zero-order chi connectivity index (χ0) is 14.5. The van der Waals surface area contributed by atoms with Gasteiger partial charge in [0.05, 0.1) is 18.3 Å². The Morgan fingerprint density at radius 1 is 1.24 bits per heavy atom. The molecular formula is C17H21N3O. The number of benzene rings is 1. The first-order valence-electron chi connectivity index (χ1n) is 7.50. The Morgan fingerprint density at radius 3 is 2.90 bits per heavy atom. The van der Waals surface area contributed by atoms with Crippen LogP contribution in [0.3, 0.4) is 0 Å². The Balaban J connectivity index is 1.82. The molecule has 0 aliphatic carbocycles. The molecule has 0 saturated carbocycles. The van der Waals surface area contributed by atoms with Crippen LogP contribution >= 0.6 is 0 Å². The van der Waals surface area contributed by atoms with Gasteiger partial charge in [0, 0.05) is 25.4 Å². The summed E-state index contributed by atoms with van der Waals surface area (Å²) in [7, 11) is 1.75. The summed E-state index contributed by atoms with van der Waals surface area (Å²) in [6, 6.07) is 12.6. The van der Waals surface area contributed by atoms with Crippen LogP contribution in [-0.4, -0.2) is 41.7 Å². The average molecular weight is 283 g/mol. The van der Waals surface area contributed by atoms with E-state index >= 15 is 0 Å². The lowest BCUT2D eigenvalue weighted by molar-refractivity contribution is 0.140. The Kier molecular flexibility index (Phi) is 4.58. The predicted octanol–water partition coefficient (Wildman–Crippen LogP) is 2.93. The minimum atomic E-state index is 0.394. The van der Waals surface area contributed by atoms with Crippen molar-refractivity contribution >= 4 is 0 Å². The molecule has 2 aromatic rings. The number of likely N-dealkylation sites (tertiary alicyclic amines) is 1. The number of hydrogen-bond donors (Lipinski definition) is 0. The molecular weight excluding hydrogens is 262 g/mol. The molecule has 0 unspecified atom stereocenters. The molecule has 4 heteroatoms. The maximum atomic E-state index is 5.21. The number of rotatable bonds is 5. The standard InChI is InChI=1S/C17H21N3O/c1-21-13-12-20-11-5-8-16(20)15-9-10-18-17(19-15)14-6-3-2-4-7-14/h2-4,6-7,9-10,16H,5,8,11-13H2,1H3/t16-/m1/s1. The van der Waals surface area contributed by atoms with Crippen LogP contribution in [0.5, 0.6) is 0 Å². The Hall–Kier alpha value is -1.78. The number of methoxy groups -OCH3 is 1. The van der Waals surface area contributed by atoms with Crippen LogP contribution in [0.4, 0.5) is 0 Å². The lowest BCUT2D eigenvalue weighted by Gasteiger charge is -2.23. The van der Waals surface area contributed by atoms with Crippen LogP contribution in [0.2, 0.25) is 0 Å². The SMILES string of the molecule is COCCN1CCC[C@@H]1c1ccnc(-c2ccccc2)n1. The summed E-state index contributed by atoms with van der Waals surface area (Å²) in [6.07, 6.45) is 4.26. The van der Waals surface area contributed by atoms with Gasteiger partial charge in [-0.2, -0.15) is 0 Å². The van der Waals surface area contributed by atoms with Crippen LogP contribution in [0.1, 0.15) is 24.6 Å². The first kappa shape index (κ1) is 14.2. The second-order valence-electron chi connectivity index (χ2n) is 5.36. The number of aromatic nitrogens is 2. The highest BCUT2D eigenvalue weighted by Gasteiger charge is 2.26. The van der Waals surface area contributed by atoms with E-state index in [9.17, 15) is 0 Å². The van der Waals surface area contributed by atoms with E-state index in [0.717, 1.165) is 43.2 Å². The van der Waals surface area contributed by atoms with Crippen molar-refractivity contribution in [1.82, 2.24) is 14.9 Å². The van der Waals surface area contributed by atoms with E-state index in [2.05, 4.69) is 22.0 Å². The van der Waals surface area contributed by atoms with Crippen molar-refractivity contribution in [1.29, 1.82) is 0 Å². The van der Waals surface area contributed by atoms with Crippen LogP contribution in [0, 0.1) is 0 Å². The molecule has 2 heterocycles. The molecule has 0 amide bonds. The fraction of sp³-hybridized carbons (Fsp3) is 0.412. The smallest absolute Gasteiger partial charge is 0.159 e. The average Bonchev–Trinajstić information content (AvgIpc) is 3.02. The van der Waals surface area contributed by atoms with Gasteiger partial charge < -0.3 is 4.74 Å².